The number of guanidine groups is 1. The summed E-state index contributed by atoms with van der Waals surface area (Å²) in [7, 11) is 1.48. The molecule has 0 aromatic heterocycles. The highest BCUT2D eigenvalue weighted by Gasteiger charge is 2.34. The number of aliphatic imine (C=N–C) groups is 1. The molecule has 1 fully saturated rings. The van der Waals surface area contributed by atoms with Crippen LogP contribution in [0.3, 0.4) is 0 Å². The van der Waals surface area contributed by atoms with Gasteiger partial charge in [0.15, 0.2) is 5.96 Å². The van der Waals surface area contributed by atoms with Crippen molar-refractivity contribution in [3.05, 3.63) is 0 Å². The predicted molar refractivity (Wildman–Crippen MR) is 92.2 cm³/mol. The summed E-state index contributed by atoms with van der Waals surface area (Å²) in [5.74, 6) is 0.290. The summed E-state index contributed by atoms with van der Waals surface area (Å²) in [5.41, 5.74) is -0.551. The molecule has 0 aromatic rings. The maximum Gasteiger partial charge on any atom is 0.410 e. The van der Waals surface area contributed by atoms with E-state index < -0.39 is 24.3 Å². The molecule has 1 amide bonds. The number of likely N-dealkylation sites (tertiary alicyclic amines) is 1. The smallest absolute Gasteiger partial charge is 0.410 e. The number of nitrogens with one attached hydrogen (secondary N) is 2. The third-order valence-electron chi connectivity index (χ3n) is 2.80. The van der Waals surface area contributed by atoms with E-state index in [9.17, 15) is 18.0 Å². The Morgan fingerprint density at radius 3 is 2.30 bits per heavy atom. The van der Waals surface area contributed by atoms with E-state index in [4.69, 9.17) is 4.74 Å². The Morgan fingerprint density at radius 1 is 1.30 bits per heavy atom. The van der Waals surface area contributed by atoms with Gasteiger partial charge in [-0.05, 0) is 20.8 Å². The number of hydrogen-bond donors (Lipinski definition) is 2. The molecule has 1 rings (SSSR count). The maximum absolute atomic E-state index is 12.1. The van der Waals surface area contributed by atoms with Crippen molar-refractivity contribution in [3.8, 4) is 0 Å². The number of amides is 1. The van der Waals surface area contributed by atoms with Gasteiger partial charge in [0.05, 0.1) is 12.5 Å². The highest BCUT2D eigenvalue weighted by atomic mass is 127. The van der Waals surface area contributed by atoms with Crippen molar-refractivity contribution < 1.29 is 22.7 Å². The minimum absolute atomic E-state index is 0. The van der Waals surface area contributed by atoms with Crippen LogP contribution in [0.25, 0.3) is 0 Å². The standard InChI is InChI=1S/C13H23F3N4O2.HI/c1-12(2,3)22-11(21)20-7-9(8-20)19-10(17-4)18-6-5-13(14,15)16;/h9H,5-8H2,1-4H3,(H2,17,18,19);1H. The minimum atomic E-state index is -4.20. The van der Waals surface area contributed by atoms with Crippen molar-refractivity contribution in [2.45, 2.75) is 45.0 Å². The Bertz CT molecular complexity index is 418. The van der Waals surface area contributed by atoms with Gasteiger partial charge in [-0.3, -0.25) is 4.99 Å². The monoisotopic (exact) mass is 452 g/mol. The van der Waals surface area contributed by atoms with E-state index in [1.807, 2.05) is 0 Å². The largest absolute Gasteiger partial charge is 0.444 e. The number of rotatable bonds is 3. The molecule has 1 aliphatic rings. The number of alkyl halides is 3. The molecule has 2 N–H and O–H groups in total. The molecule has 10 heteroatoms. The number of ether oxygens (including phenoxy) is 1. The average molecular weight is 452 g/mol. The van der Waals surface area contributed by atoms with Crippen LogP contribution >= 0.6 is 24.0 Å². The molecule has 0 spiro atoms. The van der Waals surface area contributed by atoms with E-state index in [1.54, 1.807) is 20.8 Å². The van der Waals surface area contributed by atoms with Crippen LogP contribution in [-0.2, 0) is 4.74 Å². The first-order valence-corrected chi connectivity index (χ1v) is 7.02. The molecule has 0 aromatic carbocycles. The molecular weight excluding hydrogens is 428 g/mol. The van der Waals surface area contributed by atoms with Gasteiger partial charge in [-0.15, -0.1) is 24.0 Å². The minimum Gasteiger partial charge on any atom is -0.444 e. The van der Waals surface area contributed by atoms with Crippen molar-refractivity contribution >= 4 is 36.0 Å². The van der Waals surface area contributed by atoms with Crippen molar-refractivity contribution in [1.82, 2.24) is 15.5 Å². The number of nitrogens with zero attached hydrogens (tertiary/aromatic N) is 2. The molecule has 1 aliphatic heterocycles. The van der Waals surface area contributed by atoms with E-state index in [-0.39, 0.29) is 42.5 Å². The molecule has 0 atom stereocenters. The summed E-state index contributed by atoms with van der Waals surface area (Å²) in [4.78, 5) is 17.1. The zero-order valence-electron chi connectivity index (χ0n) is 13.7. The molecule has 0 aliphatic carbocycles. The van der Waals surface area contributed by atoms with E-state index in [1.165, 1.54) is 11.9 Å². The normalized spacial score (nSPS) is 16.3. The predicted octanol–water partition coefficient (Wildman–Crippen LogP) is 2.34. The summed E-state index contributed by atoms with van der Waals surface area (Å²) in [6, 6.07) is -0.0513. The SMILES string of the molecule is CN=C(NCCC(F)(F)F)NC1CN(C(=O)OC(C)(C)C)C1.I. The third-order valence-corrected chi connectivity index (χ3v) is 2.80. The Kier molecular flexibility index (Phi) is 8.43. The fourth-order valence-corrected chi connectivity index (χ4v) is 1.76. The molecule has 23 heavy (non-hydrogen) atoms. The molecule has 0 unspecified atom stereocenters. The van der Waals surface area contributed by atoms with Gasteiger partial charge < -0.3 is 20.3 Å². The number of halogens is 4. The Morgan fingerprint density at radius 2 is 1.87 bits per heavy atom. The lowest BCUT2D eigenvalue weighted by atomic mass is 10.1. The average Bonchev–Trinajstić information content (AvgIpc) is 2.26. The highest BCUT2D eigenvalue weighted by molar-refractivity contribution is 14.0. The second kappa shape index (κ2) is 8.78. The van der Waals surface area contributed by atoms with Gasteiger partial charge in [0, 0.05) is 26.7 Å². The topological polar surface area (TPSA) is 66.0 Å². The molecular formula is C13H24F3IN4O2. The summed E-state index contributed by atoms with van der Waals surface area (Å²) in [5, 5.41) is 5.55. The summed E-state index contributed by atoms with van der Waals surface area (Å²) >= 11 is 0. The first-order valence-electron chi connectivity index (χ1n) is 7.02. The Balaban J connectivity index is 0.00000484. The molecule has 1 saturated heterocycles. The number of carbonyl (C=O) groups is 1. The third kappa shape index (κ3) is 9.06. The lowest BCUT2D eigenvalue weighted by Crippen LogP contribution is -2.63. The number of carbonyl (C=O) groups excluding carboxylic acids is 1. The van der Waals surface area contributed by atoms with E-state index in [2.05, 4.69) is 15.6 Å². The second-order valence-electron chi connectivity index (χ2n) is 6.09. The molecule has 0 radical (unpaired) electrons. The van der Waals surface area contributed by atoms with Gasteiger partial charge in [-0.25, -0.2) is 4.79 Å². The highest BCUT2D eigenvalue weighted by Crippen LogP contribution is 2.18. The first-order chi connectivity index (χ1) is 10.00. The van der Waals surface area contributed by atoms with Crippen molar-refractivity contribution in [2.24, 2.45) is 4.99 Å². The molecule has 6 nitrogen and oxygen atoms in total. The van der Waals surface area contributed by atoms with Crippen LogP contribution in [0, 0.1) is 0 Å². The number of hydrogen-bond acceptors (Lipinski definition) is 3. The van der Waals surface area contributed by atoms with Crippen molar-refractivity contribution in [3.63, 3.8) is 0 Å². The van der Waals surface area contributed by atoms with E-state index in [0.717, 1.165) is 0 Å². The lowest BCUT2D eigenvalue weighted by Gasteiger charge is -2.40. The van der Waals surface area contributed by atoms with Gasteiger partial charge in [0.2, 0.25) is 0 Å². The summed E-state index contributed by atoms with van der Waals surface area (Å²) in [6.45, 7) is 5.96. The quantitative estimate of drug-likeness (QED) is 0.392. The summed E-state index contributed by atoms with van der Waals surface area (Å²) in [6.07, 6.45) is -5.52. The van der Waals surface area contributed by atoms with Crippen molar-refractivity contribution in [2.75, 3.05) is 26.7 Å². The summed E-state index contributed by atoms with van der Waals surface area (Å²) < 4.78 is 41.4. The van der Waals surface area contributed by atoms with Crippen LogP contribution in [0.2, 0.25) is 0 Å². The fraction of sp³-hybridized carbons (Fsp3) is 0.846. The van der Waals surface area contributed by atoms with E-state index >= 15 is 0 Å². The Labute approximate surface area is 151 Å². The Hall–Kier alpha value is -0.940. The van der Waals surface area contributed by atoms with Crippen LogP contribution in [0.4, 0.5) is 18.0 Å². The molecule has 0 bridgehead atoms. The van der Waals surface area contributed by atoms with E-state index in [0.29, 0.717) is 13.1 Å². The maximum atomic E-state index is 12.1. The van der Waals surface area contributed by atoms with Gasteiger partial charge in [-0.2, -0.15) is 13.2 Å². The lowest BCUT2D eigenvalue weighted by molar-refractivity contribution is -0.132. The van der Waals surface area contributed by atoms with Crippen LogP contribution in [0.15, 0.2) is 4.99 Å². The van der Waals surface area contributed by atoms with Crippen molar-refractivity contribution in [1.29, 1.82) is 0 Å². The molecule has 1 heterocycles. The van der Waals surface area contributed by atoms with Crippen LogP contribution in [-0.4, -0.2) is 61.5 Å². The first kappa shape index (κ1) is 22.1. The van der Waals surface area contributed by atoms with Crippen LogP contribution in [0.1, 0.15) is 27.2 Å². The zero-order valence-corrected chi connectivity index (χ0v) is 16.0. The molecule has 136 valence electrons. The molecule has 0 saturated carbocycles. The van der Waals surface area contributed by atoms with Crippen LogP contribution < -0.4 is 10.6 Å². The van der Waals surface area contributed by atoms with Crippen LogP contribution in [0.5, 0.6) is 0 Å². The van der Waals surface area contributed by atoms with Gasteiger partial charge in [0.25, 0.3) is 0 Å². The van der Waals surface area contributed by atoms with Gasteiger partial charge in [-0.1, -0.05) is 0 Å². The second-order valence-corrected chi connectivity index (χ2v) is 6.09. The van der Waals surface area contributed by atoms with Gasteiger partial charge >= 0.3 is 12.3 Å². The zero-order chi connectivity index (χ0) is 17.0. The van der Waals surface area contributed by atoms with Gasteiger partial charge in [0.1, 0.15) is 5.60 Å². The fourth-order valence-electron chi connectivity index (χ4n) is 1.76.